The van der Waals surface area contributed by atoms with Gasteiger partial charge in [0.15, 0.2) is 0 Å². The van der Waals surface area contributed by atoms with Gasteiger partial charge in [-0.25, -0.2) is 4.79 Å². The number of nitrogens with one attached hydrogen (secondary N) is 1. The first-order valence-corrected chi connectivity index (χ1v) is 5.11. The predicted molar refractivity (Wildman–Crippen MR) is 61.5 cm³/mol. The van der Waals surface area contributed by atoms with Crippen LogP contribution < -0.4 is 5.32 Å². The monoisotopic (exact) mass is 237 g/mol. The van der Waals surface area contributed by atoms with Gasteiger partial charge in [0, 0.05) is 13.7 Å². The van der Waals surface area contributed by atoms with Crippen LogP contribution in [0.25, 0.3) is 0 Å². The maximum atomic E-state index is 11.4. The fourth-order valence-electron chi connectivity index (χ4n) is 1.36. The number of rotatable bonds is 5. The summed E-state index contributed by atoms with van der Waals surface area (Å²) >= 11 is 0. The Morgan fingerprint density at radius 1 is 1.24 bits per heavy atom. The van der Waals surface area contributed by atoms with E-state index in [2.05, 4.69) is 14.8 Å². The zero-order valence-electron chi connectivity index (χ0n) is 9.86. The number of benzene rings is 1. The fraction of sp³-hybridized carbons (Fsp3) is 0.333. The molecule has 1 rings (SSSR count). The summed E-state index contributed by atoms with van der Waals surface area (Å²) in [6.45, 7) is 0.272. The van der Waals surface area contributed by atoms with E-state index < -0.39 is 5.97 Å². The molecule has 0 aliphatic heterocycles. The molecule has 0 aliphatic rings. The van der Waals surface area contributed by atoms with Crippen LogP contribution >= 0.6 is 0 Å². The molecule has 1 aromatic carbocycles. The molecule has 5 heteroatoms. The van der Waals surface area contributed by atoms with Crippen LogP contribution in [0.4, 0.5) is 0 Å². The van der Waals surface area contributed by atoms with Crippen LogP contribution in [-0.2, 0) is 20.8 Å². The van der Waals surface area contributed by atoms with Gasteiger partial charge >= 0.3 is 5.97 Å². The third kappa shape index (κ3) is 3.88. The molecule has 0 spiro atoms. The predicted octanol–water partition coefficient (Wildman–Crippen LogP) is 0.736. The van der Waals surface area contributed by atoms with Gasteiger partial charge in [-0.1, -0.05) is 18.2 Å². The number of carbonyl (C=O) groups excluding carboxylic acids is 2. The molecule has 0 saturated heterocycles. The topological polar surface area (TPSA) is 64.6 Å². The van der Waals surface area contributed by atoms with Crippen molar-refractivity contribution in [1.29, 1.82) is 0 Å². The Morgan fingerprint density at radius 3 is 2.59 bits per heavy atom. The van der Waals surface area contributed by atoms with Crippen LogP contribution in [0.5, 0.6) is 0 Å². The van der Waals surface area contributed by atoms with E-state index >= 15 is 0 Å². The van der Waals surface area contributed by atoms with Gasteiger partial charge in [-0.3, -0.25) is 4.79 Å². The van der Waals surface area contributed by atoms with E-state index in [1.54, 1.807) is 24.3 Å². The molecule has 0 aliphatic carbocycles. The first kappa shape index (κ1) is 13.2. The van der Waals surface area contributed by atoms with Gasteiger partial charge in [0.2, 0.25) is 5.91 Å². The molecule has 1 aromatic rings. The second-order valence-electron chi connectivity index (χ2n) is 3.36. The van der Waals surface area contributed by atoms with Crippen LogP contribution in [0, 0.1) is 0 Å². The van der Waals surface area contributed by atoms with E-state index in [4.69, 9.17) is 0 Å². The van der Waals surface area contributed by atoms with E-state index in [0.717, 1.165) is 0 Å². The summed E-state index contributed by atoms with van der Waals surface area (Å²) in [5.74, 6) is -0.645. The van der Waals surface area contributed by atoms with Crippen molar-refractivity contribution < 1.29 is 19.1 Å². The lowest BCUT2D eigenvalue weighted by Gasteiger charge is -2.08. The smallest absolute Gasteiger partial charge is 0.338 e. The molecule has 1 N–H and O–H groups in total. The van der Waals surface area contributed by atoms with Gasteiger partial charge in [0.1, 0.15) is 6.61 Å². The quantitative estimate of drug-likeness (QED) is 0.767. The lowest BCUT2D eigenvalue weighted by Crippen LogP contribution is -2.27. The van der Waals surface area contributed by atoms with Crippen molar-refractivity contribution >= 4 is 11.9 Å². The average Bonchev–Trinajstić information content (AvgIpc) is 2.36. The Labute approximate surface area is 99.7 Å². The van der Waals surface area contributed by atoms with E-state index in [1.165, 1.54) is 14.2 Å². The number of methoxy groups -OCH3 is 2. The number of ether oxygens (including phenoxy) is 2. The number of amides is 1. The van der Waals surface area contributed by atoms with Gasteiger partial charge in [-0.15, -0.1) is 0 Å². The molecule has 0 bridgehead atoms. The summed E-state index contributed by atoms with van der Waals surface area (Å²) in [4.78, 5) is 22.7. The molecule has 0 heterocycles. The third-order valence-corrected chi connectivity index (χ3v) is 2.17. The summed E-state index contributed by atoms with van der Waals surface area (Å²) in [7, 11) is 2.77. The minimum Gasteiger partial charge on any atom is -0.465 e. The highest BCUT2D eigenvalue weighted by atomic mass is 16.5. The van der Waals surface area contributed by atoms with Gasteiger partial charge in [-0.05, 0) is 11.6 Å². The third-order valence-electron chi connectivity index (χ3n) is 2.17. The number of hydrogen-bond acceptors (Lipinski definition) is 4. The van der Waals surface area contributed by atoms with Crippen molar-refractivity contribution in [2.45, 2.75) is 6.54 Å². The largest absolute Gasteiger partial charge is 0.465 e. The van der Waals surface area contributed by atoms with Crippen LogP contribution in [0.2, 0.25) is 0 Å². The Balaban J connectivity index is 2.70. The SMILES string of the molecule is COCC(=O)NCc1ccccc1C(=O)OC. The Hall–Kier alpha value is -1.88. The van der Waals surface area contributed by atoms with Gasteiger partial charge in [0.25, 0.3) is 0 Å². The zero-order chi connectivity index (χ0) is 12.7. The van der Waals surface area contributed by atoms with E-state index in [-0.39, 0.29) is 19.1 Å². The molecule has 17 heavy (non-hydrogen) atoms. The summed E-state index contributed by atoms with van der Waals surface area (Å²) in [6, 6.07) is 6.96. The molecule has 92 valence electrons. The van der Waals surface area contributed by atoms with E-state index in [9.17, 15) is 9.59 Å². The number of esters is 1. The summed E-state index contributed by atoms with van der Waals surface area (Å²) in [5, 5.41) is 2.65. The highest BCUT2D eigenvalue weighted by Gasteiger charge is 2.11. The van der Waals surface area contributed by atoms with Crippen LogP contribution in [0.15, 0.2) is 24.3 Å². The second kappa shape index (κ2) is 6.65. The van der Waals surface area contributed by atoms with Crippen molar-refractivity contribution in [3.63, 3.8) is 0 Å². The van der Waals surface area contributed by atoms with Crippen molar-refractivity contribution in [1.82, 2.24) is 5.32 Å². The van der Waals surface area contributed by atoms with Crippen molar-refractivity contribution in [2.24, 2.45) is 0 Å². The van der Waals surface area contributed by atoms with Crippen LogP contribution in [0.1, 0.15) is 15.9 Å². The summed E-state index contributed by atoms with van der Waals surface area (Å²) in [6.07, 6.45) is 0. The number of carbonyl (C=O) groups is 2. The molecule has 1 amide bonds. The minimum atomic E-state index is -0.415. The van der Waals surface area contributed by atoms with Crippen molar-refractivity contribution in [2.75, 3.05) is 20.8 Å². The molecular formula is C12H15NO4. The Bertz CT molecular complexity index is 403. The van der Waals surface area contributed by atoms with E-state index in [1.807, 2.05) is 0 Å². The van der Waals surface area contributed by atoms with Crippen LogP contribution in [-0.4, -0.2) is 32.7 Å². The lowest BCUT2D eigenvalue weighted by molar-refractivity contribution is -0.124. The average molecular weight is 237 g/mol. The molecule has 0 saturated carbocycles. The first-order chi connectivity index (χ1) is 8.19. The molecular weight excluding hydrogens is 222 g/mol. The maximum Gasteiger partial charge on any atom is 0.338 e. The summed E-state index contributed by atoms with van der Waals surface area (Å²) in [5.41, 5.74) is 1.16. The molecule has 0 fully saturated rings. The van der Waals surface area contributed by atoms with E-state index in [0.29, 0.717) is 11.1 Å². The highest BCUT2D eigenvalue weighted by Crippen LogP contribution is 2.09. The van der Waals surface area contributed by atoms with Crippen molar-refractivity contribution in [3.8, 4) is 0 Å². The normalized spacial score (nSPS) is 9.76. The van der Waals surface area contributed by atoms with Gasteiger partial charge < -0.3 is 14.8 Å². The molecule has 0 unspecified atom stereocenters. The van der Waals surface area contributed by atoms with Crippen molar-refractivity contribution in [3.05, 3.63) is 35.4 Å². The van der Waals surface area contributed by atoms with Gasteiger partial charge in [-0.2, -0.15) is 0 Å². The molecule has 0 atom stereocenters. The molecule has 0 aromatic heterocycles. The molecule has 0 radical (unpaired) electrons. The lowest BCUT2D eigenvalue weighted by atomic mass is 10.1. The second-order valence-corrected chi connectivity index (χ2v) is 3.36. The van der Waals surface area contributed by atoms with Crippen LogP contribution in [0.3, 0.4) is 0 Å². The number of hydrogen-bond donors (Lipinski definition) is 1. The Morgan fingerprint density at radius 2 is 1.94 bits per heavy atom. The standard InChI is InChI=1S/C12H15NO4/c1-16-8-11(14)13-7-9-5-3-4-6-10(9)12(15)17-2/h3-6H,7-8H2,1-2H3,(H,13,14). The summed E-state index contributed by atoms with van der Waals surface area (Å²) < 4.78 is 9.34. The zero-order valence-corrected chi connectivity index (χ0v) is 9.86. The van der Waals surface area contributed by atoms with Gasteiger partial charge in [0.05, 0.1) is 12.7 Å². The highest BCUT2D eigenvalue weighted by molar-refractivity contribution is 5.91. The maximum absolute atomic E-state index is 11.4. The first-order valence-electron chi connectivity index (χ1n) is 5.11. The minimum absolute atomic E-state index is 0.000388. The fourth-order valence-corrected chi connectivity index (χ4v) is 1.36. The molecule has 5 nitrogen and oxygen atoms in total. The Kier molecular flexibility index (Phi) is 5.16.